The van der Waals surface area contributed by atoms with Crippen LogP contribution in [0.4, 0.5) is 4.39 Å². The number of aliphatic hydroxyl groups is 1. The lowest BCUT2D eigenvalue weighted by Crippen LogP contribution is -2.27. The second-order valence-electron chi connectivity index (χ2n) is 4.68. The molecule has 0 saturated heterocycles. The van der Waals surface area contributed by atoms with E-state index in [9.17, 15) is 17.9 Å². The van der Waals surface area contributed by atoms with Gasteiger partial charge in [-0.25, -0.2) is 17.5 Å². The van der Waals surface area contributed by atoms with Crippen molar-refractivity contribution in [1.29, 1.82) is 0 Å². The van der Waals surface area contributed by atoms with Gasteiger partial charge in [0.25, 0.3) is 0 Å². The van der Waals surface area contributed by atoms with Gasteiger partial charge in [0, 0.05) is 25.5 Å². The molecule has 1 heterocycles. The first-order chi connectivity index (χ1) is 9.92. The molecule has 0 amide bonds. The van der Waals surface area contributed by atoms with E-state index in [1.807, 2.05) is 0 Å². The van der Waals surface area contributed by atoms with Crippen LogP contribution in [0.2, 0.25) is 0 Å². The first-order valence-corrected chi connectivity index (χ1v) is 7.93. The van der Waals surface area contributed by atoms with Crippen molar-refractivity contribution in [3.63, 3.8) is 0 Å². The molecule has 1 atom stereocenters. The Kier molecular flexibility index (Phi) is 4.76. The molecular formula is C14H17FN2O3S. The maximum atomic E-state index is 13.5. The molecule has 5 nitrogen and oxygen atoms in total. The van der Waals surface area contributed by atoms with Gasteiger partial charge in [0.1, 0.15) is 10.7 Å². The third-order valence-corrected chi connectivity index (χ3v) is 4.66. The molecule has 2 aromatic rings. The number of nitrogens with one attached hydrogen (secondary N) is 1. The third kappa shape index (κ3) is 3.69. The predicted molar refractivity (Wildman–Crippen MR) is 76.6 cm³/mol. The number of benzene rings is 1. The van der Waals surface area contributed by atoms with Gasteiger partial charge in [0.05, 0.1) is 6.10 Å². The number of halogens is 1. The smallest absolute Gasteiger partial charge is 0.243 e. The Morgan fingerprint density at radius 1 is 1.29 bits per heavy atom. The lowest BCUT2D eigenvalue weighted by Gasteiger charge is -2.13. The Labute approximate surface area is 123 Å². The van der Waals surface area contributed by atoms with Crippen molar-refractivity contribution in [2.24, 2.45) is 7.05 Å². The topological polar surface area (TPSA) is 71.3 Å². The van der Waals surface area contributed by atoms with Gasteiger partial charge in [-0.15, -0.1) is 0 Å². The van der Waals surface area contributed by atoms with Gasteiger partial charge in [-0.05, 0) is 30.7 Å². The highest BCUT2D eigenvalue weighted by molar-refractivity contribution is 7.89. The molecule has 114 valence electrons. The first kappa shape index (κ1) is 15.7. The fourth-order valence-electron chi connectivity index (χ4n) is 2.04. The summed E-state index contributed by atoms with van der Waals surface area (Å²) in [5.74, 6) is -0.798. The zero-order chi connectivity index (χ0) is 15.5. The summed E-state index contributed by atoms with van der Waals surface area (Å²) in [5.41, 5.74) is 0.695. The van der Waals surface area contributed by atoms with E-state index < -0.39 is 26.8 Å². The molecule has 21 heavy (non-hydrogen) atoms. The van der Waals surface area contributed by atoms with Crippen LogP contribution < -0.4 is 4.72 Å². The van der Waals surface area contributed by atoms with Gasteiger partial charge in [-0.3, -0.25) is 0 Å². The summed E-state index contributed by atoms with van der Waals surface area (Å²) in [7, 11) is -2.11. The molecule has 0 aliphatic rings. The summed E-state index contributed by atoms with van der Waals surface area (Å²) >= 11 is 0. The van der Waals surface area contributed by atoms with Gasteiger partial charge < -0.3 is 9.67 Å². The third-order valence-electron chi connectivity index (χ3n) is 3.16. The molecule has 0 spiro atoms. The molecule has 0 saturated carbocycles. The van der Waals surface area contributed by atoms with E-state index in [4.69, 9.17) is 0 Å². The highest BCUT2D eigenvalue weighted by Crippen LogP contribution is 2.17. The lowest BCUT2D eigenvalue weighted by molar-refractivity contribution is 0.161. The van der Waals surface area contributed by atoms with Crippen molar-refractivity contribution in [1.82, 2.24) is 9.29 Å². The zero-order valence-electron chi connectivity index (χ0n) is 11.5. The number of aromatic nitrogens is 1. The van der Waals surface area contributed by atoms with Crippen LogP contribution in [0.1, 0.15) is 18.2 Å². The number of hydrogen-bond acceptors (Lipinski definition) is 3. The van der Waals surface area contributed by atoms with Crippen LogP contribution in [0.25, 0.3) is 0 Å². The number of nitrogens with zero attached hydrogens (tertiary/aromatic N) is 1. The van der Waals surface area contributed by atoms with Gasteiger partial charge in [-0.2, -0.15) is 0 Å². The fourth-order valence-corrected chi connectivity index (χ4v) is 3.16. The van der Waals surface area contributed by atoms with E-state index in [-0.39, 0.29) is 13.0 Å². The maximum absolute atomic E-state index is 13.5. The monoisotopic (exact) mass is 312 g/mol. The molecule has 1 aromatic heterocycles. The van der Waals surface area contributed by atoms with E-state index in [1.165, 1.54) is 18.2 Å². The Morgan fingerprint density at radius 3 is 2.62 bits per heavy atom. The molecular weight excluding hydrogens is 295 g/mol. The normalized spacial score (nSPS) is 13.3. The van der Waals surface area contributed by atoms with Crippen molar-refractivity contribution in [3.8, 4) is 0 Å². The molecule has 0 aliphatic carbocycles. The number of aryl methyl sites for hydroxylation is 1. The molecule has 1 aromatic carbocycles. The van der Waals surface area contributed by atoms with Crippen molar-refractivity contribution in [2.75, 3.05) is 6.54 Å². The maximum Gasteiger partial charge on any atom is 0.243 e. The predicted octanol–water partition coefficient (Wildman–Crippen LogP) is 1.57. The highest BCUT2D eigenvalue weighted by atomic mass is 32.2. The van der Waals surface area contributed by atoms with Crippen LogP contribution in [0.15, 0.2) is 47.5 Å². The molecule has 7 heteroatoms. The van der Waals surface area contributed by atoms with E-state index in [0.29, 0.717) is 5.69 Å². The largest absolute Gasteiger partial charge is 0.387 e. The van der Waals surface area contributed by atoms with E-state index in [2.05, 4.69) is 4.72 Å². The average Bonchev–Trinajstić information content (AvgIpc) is 2.85. The molecule has 0 aliphatic heterocycles. The van der Waals surface area contributed by atoms with Crippen molar-refractivity contribution < 1.29 is 17.9 Å². The van der Waals surface area contributed by atoms with Crippen LogP contribution in [-0.2, 0) is 17.1 Å². The Balaban J connectivity index is 1.97. The average molecular weight is 312 g/mol. The van der Waals surface area contributed by atoms with Crippen LogP contribution in [-0.4, -0.2) is 24.6 Å². The second-order valence-corrected chi connectivity index (χ2v) is 6.41. The van der Waals surface area contributed by atoms with Crippen LogP contribution in [0.5, 0.6) is 0 Å². The van der Waals surface area contributed by atoms with Crippen molar-refractivity contribution in [3.05, 3.63) is 54.1 Å². The SMILES string of the molecule is Cn1cccc1C(O)CCNS(=O)(=O)c1ccccc1F. The summed E-state index contributed by atoms with van der Waals surface area (Å²) in [4.78, 5) is -0.390. The molecule has 2 N–H and O–H groups in total. The number of rotatable bonds is 6. The molecule has 0 radical (unpaired) electrons. The highest BCUT2D eigenvalue weighted by Gasteiger charge is 2.19. The fraction of sp³-hybridized carbons (Fsp3) is 0.286. The van der Waals surface area contributed by atoms with Gasteiger partial charge in [-0.1, -0.05) is 12.1 Å². The molecule has 1 unspecified atom stereocenters. The van der Waals surface area contributed by atoms with Crippen LogP contribution in [0.3, 0.4) is 0 Å². The van der Waals surface area contributed by atoms with Gasteiger partial charge in [0.2, 0.25) is 10.0 Å². The van der Waals surface area contributed by atoms with E-state index in [0.717, 1.165) is 6.07 Å². The van der Waals surface area contributed by atoms with E-state index >= 15 is 0 Å². The Morgan fingerprint density at radius 2 is 2.00 bits per heavy atom. The molecule has 2 rings (SSSR count). The standard InChI is InChI=1S/C14H17FN2O3S/c1-17-10-4-6-12(17)13(18)8-9-16-21(19,20)14-7-3-2-5-11(14)15/h2-7,10,13,16,18H,8-9H2,1H3. The minimum atomic E-state index is -3.91. The summed E-state index contributed by atoms with van der Waals surface area (Å²) < 4.78 is 41.4. The summed E-state index contributed by atoms with van der Waals surface area (Å²) in [6, 6.07) is 8.72. The number of sulfonamides is 1. The quantitative estimate of drug-likeness (QED) is 0.850. The molecule has 0 bridgehead atoms. The zero-order valence-corrected chi connectivity index (χ0v) is 12.3. The van der Waals surface area contributed by atoms with E-state index in [1.54, 1.807) is 29.9 Å². The first-order valence-electron chi connectivity index (χ1n) is 6.45. The lowest BCUT2D eigenvalue weighted by atomic mass is 10.2. The van der Waals surface area contributed by atoms with Crippen molar-refractivity contribution >= 4 is 10.0 Å². The van der Waals surface area contributed by atoms with Gasteiger partial charge >= 0.3 is 0 Å². The van der Waals surface area contributed by atoms with Crippen LogP contribution >= 0.6 is 0 Å². The minimum absolute atomic E-state index is 0.0169. The minimum Gasteiger partial charge on any atom is -0.387 e. The summed E-state index contributed by atoms with van der Waals surface area (Å²) in [5, 5.41) is 9.98. The summed E-state index contributed by atoms with van der Waals surface area (Å²) in [6.07, 6.45) is 1.21. The van der Waals surface area contributed by atoms with Gasteiger partial charge in [0.15, 0.2) is 0 Å². The Bertz CT molecular complexity index is 713. The summed E-state index contributed by atoms with van der Waals surface area (Å²) in [6.45, 7) is 0.0169. The Hall–Kier alpha value is -1.70. The molecule has 0 fully saturated rings. The van der Waals surface area contributed by atoms with Crippen LogP contribution in [0, 0.1) is 5.82 Å². The second kappa shape index (κ2) is 6.38. The number of hydrogen-bond donors (Lipinski definition) is 2. The number of aliphatic hydroxyl groups excluding tert-OH is 1. The van der Waals surface area contributed by atoms with Crippen molar-refractivity contribution in [2.45, 2.75) is 17.4 Å².